The summed E-state index contributed by atoms with van der Waals surface area (Å²) in [6.07, 6.45) is 1.72. The molecule has 0 saturated carbocycles. The van der Waals surface area contributed by atoms with Gasteiger partial charge < -0.3 is 4.74 Å². The van der Waals surface area contributed by atoms with Crippen LogP contribution in [0.3, 0.4) is 0 Å². The fourth-order valence-electron chi connectivity index (χ4n) is 1.13. The summed E-state index contributed by atoms with van der Waals surface area (Å²) >= 11 is 0. The first-order valence-corrected chi connectivity index (χ1v) is 4.42. The predicted molar refractivity (Wildman–Crippen MR) is 54.3 cm³/mol. The molecule has 2 heteroatoms. The Morgan fingerprint density at radius 3 is 2.93 bits per heavy atom. The Labute approximate surface area is 83.2 Å². The van der Waals surface area contributed by atoms with Crippen LogP contribution in [0.25, 0.3) is 0 Å². The molecule has 0 aliphatic rings. The van der Waals surface area contributed by atoms with Gasteiger partial charge in [-0.05, 0) is 31.2 Å². The molecule has 2 nitrogen and oxygen atoms in total. The molecule has 0 saturated heterocycles. The van der Waals surface area contributed by atoms with Crippen LogP contribution in [0.5, 0.6) is 11.6 Å². The van der Waals surface area contributed by atoms with Crippen molar-refractivity contribution in [1.82, 2.24) is 4.98 Å². The van der Waals surface area contributed by atoms with Crippen molar-refractivity contribution in [3.05, 3.63) is 54.2 Å². The Morgan fingerprint density at radius 2 is 2.21 bits per heavy atom. The van der Waals surface area contributed by atoms with Gasteiger partial charge in [0, 0.05) is 11.8 Å². The maximum absolute atomic E-state index is 5.57. The van der Waals surface area contributed by atoms with Gasteiger partial charge in [-0.15, -0.1) is 0 Å². The minimum Gasteiger partial charge on any atom is -0.439 e. The SMILES string of the molecule is Cc1cccnc1Oc1c[c]ccc1. The van der Waals surface area contributed by atoms with Crippen LogP contribution in [-0.4, -0.2) is 4.98 Å². The van der Waals surface area contributed by atoms with Crippen molar-refractivity contribution < 1.29 is 4.74 Å². The van der Waals surface area contributed by atoms with Crippen molar-refractivity contribution in [2.45, 2.75) is 6.92 Å². The fraction of sp³-hybridized carbons (Fsp3) is 0.0833. The second kappa shape index (κ2) is 3.92. The highest BCUT2D eigenvalue weighted by Crippen LogP contribution is 2.20. The Balaban J connectivity index is 2.24. The van der Waals surface area contributed by atoms with Crippen LogP contribution in [0.1, 0.15) is 5.56 Å². The molecule has 2 aromatic rings. The van der Waals surface area contributed by atoms with Gasteiger partial charge in [0.1, 0.15) is 5.75 Å². The maximum atomic E-state index is 5.57. The lowest BCUT2D eigenvalue weighted by molar-refractivity contribution is 0.459. The number of aryl methyl sites for hydroxylation is 1. The summed E-state index contributed by atoms with van der Waals surface area (Å²) in [7, 11) is 0. The largest absolute Gasteiger partial charge is 0.439 e. The molecule has 69 valence electrons. The van der Waals surface area contributed by atoms with Crippen LogP contribution < -0.4 is 4.74 Å². The van der Waals surface area contributed by atoms with E-state index in [9.17, 15) is 0 Å². The first kappa shape index (κ1) is 8.75. The van der Waals surface area contributed by atoms with Crippen molar-refractivity contribution in [2.75, 3.05) is 0 Å². The van der Waals surface area contributed by atoms with Crippen LogP contribution in [-0.2, 0) is 0 Å². The summed E-state index contributed by atoms with van der Waals surface area (Å²) in [6, 6.07) is 14.2. The summed E-state index contributed by atoms with van der Waals surface area (Å²) in [5.41, 5.74) is 1.02. The molecule has 2 rings (SSSR count). The highest BCUT2D eigenvalue weighted by atomic mass is 16.5. The molecule has 0 amide bonds. The number of hydrogen-bond donors (Lipinski definition) is 0. The Kier molecular flexibility index (Phi) is 2.45. The molecule has 14 heavy (non-hydrogen) atoms. The Morgan fingerprint density at radius 1 is 1.29 bits per heavy atom. The van der Waals surface area contributed by atoms with Crippen molar-refractivity contribution in [3.8, 4) is 11.6 Å². The number of ether oxygens (including phenoxy) is 1. The molecule has 1 aromatic carbocycles. The predicted octanol–water partition coefficient (Wildman–Crippen LogP) is 2.98. The lowest BCUT2D eigenvalue weighted by Gasteiger charge is -2.05. The molecule has 0 aliphatic heterocycles. The first-order valence-electron chi connectivity index (χ1n) is 4.42. The normalized spacial score (nSPS) is 9.79. The van der Waals surface area contributed by atoms with E-state index in [0.717, 1.165) is 11.3 Å². The summed E-state index contributed by atoms with van der Waals surface area (Å²) < 4.78 is 5.57. The van der Waals surface area contributed by atoms with Crippen LogP contribution in [0.4, 0.5) is 0 Å². The Bertz CT molecular complexity index is 412. The van der Waals surface area contributed by atoms with E-state index in [2.05, 4.69) is 11.1 Å². The van der Waals surface area contributed by atoms with Crippen molar-refractivity contribution in [1.29, 1.82) is 0 Å². The Hall–Kier alpha value is -1.83. The van der Waals surface area contributed by atoms with Gasteiger partial charge in [0.15, 0.2) is 0 Å². The highest BCUT2D eigenvalue weighted by Gasteiger charge is 2.00. The average molecular weight is 184 g/mol. The van der Waals surface area contributed by atoms with E-state index in [1.54, 1.807) is 12.3 Å². The molecular formula is C12H10NO. The second-order valence-corrected chi connectivity index (χ2v) is 2.97. The van der Waals surface area contributed by atoms with Crippen LogP contribution >= 0.6 is 0 Å². The number of benzene rings is 1. The average Bonchev–Trinajstić information content (AvgIpc) is 2.23. The van der Waals surface area contributed by atoms with Gasteiger partial charge >= 0.3 is 0 Å². The monoisotopic (exact) mass is 184 g/mol. The number of hydrogen-bond acceptors (Lipinski definition) is 2. The van der Waals surface area contributed by atoms with Crippen LogP contribution in [0, 0.1) is 13.0 Å². The van der Waals surface area contributed by atoms with Gasteiger partial charge in [0.05, 0.1) is 0 Å². The molecule has 0 spiro atoms. The quantitative estimate of drug-likeness (QED) is 0.715. The first-order chi connectivity index (χ1) is 6.86. The van der Waals surface area contributed by atoms with Crippen LogP contribution in [0.2, 0.25) is 0 Å². The smallest absolute Gasteiger partial charge is 0.222 e. The van der Waals surface area contributed by atoms with Crippen molar-refractivity contribution in [2.24, 2.45) is 0 Å². The molecule has 0 atom stereocenters. The fourth-order valence-corrected chi connectivity index (χ4v) is 1.13. The zero-order chi connectivity index (χ0) is 9.80. The maximum Gasteiger partial charge on any atom is 0.222 e. The summed E-state index contributed by atoms with van der Waals surface area (Å²) in [5, 5.41) is 0. The van der Waals surface area contributed by atoms with E-state index in [0.29, 0.717) is 5.88 Å². The van der Waals surface area contributed by atoms with Crippen molar-refractivity contribution >= 4 is 0 Å². The number of nitrogens with zero attached hydrogens (tertiary/aromatic N) is 1. The molecule has 1 radical (unpaired) electrons. The number of aromatic nitrogens is 1. The highest BCUT2D eigenvalue weighted by molar-refractivity contribution is 5.30. The third-order valence-electron chi connectivity index (χ3n) is 1.85. The molecule has 0 fully saturated rings. The molecule has 0 aliphatic carbocycles. The lowest BCUT2D eigenvalue weighted by atomic mass is 10.3. The van der Waals surface area contributed by atoms with Gasteiger partial charge in [-0.1, -0.05) is 18.2 Å². The van der Waals surface area contributed by atoms with E-state index >= 15 is 0 Å². The summed E-state index contributed by atoms with van der Waals surface area (Å²) in [6.45, 7) is 1.97. The van der Waals surface area contributed by atoms with Gasteiger partial charge in [-0.25, -0.2) is 4.98 Å². The molecule has 1 aromatic heterocycles. The van der Waals surface area contributed by atoms with Gasteiger partial charge in [0.25, 0.3) is 0 Å². The second-order valence-electron chi connectivity index (χ2n) is 2.97. The summed E-state index contributed by atoms with van der Waals surface area (Å²) in [4.78, 5) is 4.14. The third-order valence-corrected chi connectivity index (χ3v) is 1.85. The number of pyridine rings is 1. The minimum atomic E-state index is 0.645. The van der Waals surface area contributed by atoms with E-state index in [1.807, 2.05) is 37.3 Å². The van der Waals surface area contributed by atoms with Gasteiger partial charge in [0.2, 0.25) is 5.88 Å². The molecule has 1 heterocycles. The molecular weight excluding hydrogens is 174 g/mol. The topological polar surface area (TPSA) is 22.1 Å². The van der Waals surface area contributed by atoms with Gasteiger partial charge in [-0.3, -0.25) is 0 Å². The zero-order valence-corrected chi connectivity index (χ0v) is 7.90. The lowest BCUT2D eigenvalue weighted by Crippen LogP contribution is -1.89. The van der Waals surface area contributed by atoms with E-state index in [4.69, 9.17) is 4.74 Å². The molecule has 0 N–H and O–H groups in total. The third kappa shape index (κ3) is 1.91. The van der Waals surface area contributed by atoms with Gasteiger partial charge in [-0.2, -0.15) is 0 Å². The van der Waals surface area contributed by atoms with Crippen LogP contribution in [0.15, 0.2) is 42.6 Å². The van der Waals surface area contributed by atoms with E-state index in [-0.39, 0.29) is 0 Å². The molecule has 0 bridgehead atoms. The number of rotatable bonds is 2. The van der Waals surface area contributed by atoms with E-state index < -0.39 is 0 Å². The minimum absolute atomic E-state index is 0.645. The molecule has 0 unspecified atom stereocenters. The zero-order valence-electron chi connectivity index (χ0n) is 7.90. The standard InChI is InChI=1S/C12H10NO/c1-10-6-5-9-13-12(10)14-11-7-3-2-4-8-11/h2-3,5-9H,1H3. The van der Waals surface area contributed by atoms with E-state index in [1.165, 1.54) is 0 Å². The van der Waals surface area contributed by atoms with Crippen molar-refractivity contribution in [3.63, 3.8) is 0 Å². The summed E-state index contributed by atoms with van der Waals surface area (Å²) in [5.74, 6) is 1.40.